The Kier molecular flexibility index (Phi) is 6.52. The third-order valence-corrected chi connectivity index (χ3v) is 7.33. The van der Waals surface area contributed by atoms with Crippen LogP contribution in [0.15, 0.2) is 59.5 Å². The lowest BCUT2D eigenvalue weighted by atomic mass is 9.87. The second kappa shape index (κ2) is 9.76. The van der Waals surface area contributed by atoms with Crippen LogP contribution in [-0.2, 0) is 11.3 Å². The van der Waals surface area contributed by atoms with Crippen LogP contribution in [0.4, 0.5) is 0 Å². The summed E-state index contributed by atoms with van der Waals surface area (Å²) in [6.07, 6.45) is 3.53. The number of aromatic amines is 1. The van der Waals surface area contributed by atoms with Gasteiger partial charge in [-0.05, 0) is 80.0 Å². The van der Waals surface area contributed by atoms with Gasteiger partial charge in [-0.3, -0.25) is 14.6 Å². The Bertz CT molecular complexity index is 1450. The summed E-state index contributed by atoms with van der Waals surface area (Å²) in [5, 5.41) is 1.28. The van der Waals surface area contributed by atoms with Crippen molar-refractivity contribution in [2.45, 2.75) is 58.9 Å². The Hall–Kier alpha value is -3.67. The maximum Gasteiger partial charge on any atom is 0.250 e. The number of likely N-dealkylation sites (tertiary alicyclic amines) is 1. The van der Waals surface area contributed by atoms with Crippen LogP contribution < -0.4 is 5.56 Å². The molecule has 1 N–H and O–H groups in total. The summed E-state index contributed by atoms with van der Waals surface area (Å²) >= 11 is 0. The van der Waals surface area contributed by atoms with Gasteiger partial charge in [0.1, 0.15) is 6.54 Å². The van der Waals surface area contributed by atoms with E-state index < -0.39 is 0 Å². The number of fused-ring (bicyclic) bond motifs is 1. The van der Waals surface area contributed by atoms with Gasteiger partial charge < -0.3 is 14.5 Å². The van der Waals surface area contributed by atoms with Crippen molar-refractivity contribution < 1.29 is 4.79 Å². The average molecular weight is 483 g/mol. The summed E-state index contributed by atoms with van der Waals surface area (Å²) in [7, 11) is 0. The highest BCUT2D eigenvalue weighted by molar-refractivity contribution is 5.92. The molecule has 0 aliphatic carbocycles. The Morgan fingerprint density at radius 3 is 2.44 bits per heavy atom. The van der Waals surface area contributed by atoms with Gasteiger partial charge in [0.15, 0.2) is 0 Å². The predicted octanol–water partition coefficient (Wildman–Crippen LogP) is 5.54. The molecule has 0 radical (unpaired) electrons. The normalized spacial score (nSPS) is 14.6. The molecule has 0 spiro atoms. The van der Waals surface area contributed by atoms with Gasteiger partial charge in [0.25, 0.3) is 5.56 Å². The minimum Gasteiger partial charge on any atom is -0.354 e. The predicted molar refractivity (Wildman–Crippen MR) is 144 cm³/mol. The first kappa shape index (κ1) is 24.0. The van der Waals surface area contributed by atoms with Gasteiger partial charge in [-0.2, -0.15) is 0 Å². The average Bonchev–Trinajstić information content (AvgIpc) is 3.24. The smallest absolute Gasteiger partial charge is 0.250 e. The van der Waals surface area contributed by atoms with Gasteiger partial charge in [-0.25, -0.2) is 0 Å². The van der Waals surface area contributed by atoms with Gasteiger partial charge in [0.2, 0.25) is 5.91 Å². The van der Waals surface area contributed by atoms with E-state index in [0.717, 1.165) is 29.7 Å². The monoisotopic (exact) mass is 482 g/mol. The van der Waals surface area contributed by atoms with Crippen LogP contribution in [0.3, 0.4) is 0 Å². The second-order valence-corrected chi connectivity index (χ2v) is 10.3. The molecule has 4 heterocycles. The summed E-state index contributed by atoms with van der Waals surface area (Å²) in [5.41, 5.74) is 8.12. The number of benzene rings is 1. The van der Waals surface area contributed by atoms with E-state index in [1.165, 1.54) is 38.4 Å². The Labute approximate surface area is 212 Å². The van der Waals surface area contributed by atoms with E-state index in [4.69, 9.17) is 0 Å². The van der Waals surface area contributed by atoms with Crippen molar-refractivity contribution in [3.8, 4) is 11.3 Å². The summed E-state index contributed by atoms with van der Waals surface area (Å²) in [4.78, 5) is 34.9. The van der Waals surface area contributed by atoms with Crippen molar-refractivity contribution in [2.24, 2.45) is 0 Å². The zero-order valence-corrected chi connectivity index (χ0v) is 21.5. The molecule has 1 aromatic carbocycles. The summed E-state index contributed by atoms with van der Waals surface area (Å²) < 4.78 is 1.48. The number of amides is 1. The molecule has 3 aromatic heterocycles. The van der Waals surface area contributed by atoms with E-state index in [9.17, 15) is 9.59 Å². The Morgan fingerprint density at radius 2 is 1.78 bits per heavy atom. The van der Waals surface area contributed by atoms with Crippen LogP contribution in [0.1, 0.15) is 61.0 Å². The van der Waals surface area contributed by atoms with E-state index in [0.29, 0.717) is 24.9 Å². The first-order valence-electron chi connectivity index (χ1n) is 12.8. The molecule has 36 heavy (non-hydrogen) atoms. The van der Waals surface area contributed by atoms with Crippen molar-refractivity contribution in [3.63, 3.8) is 0 Å². The van der Waals surface area contributed by atoms with Crippen LogP contribution in [0.5, 0.6) is 0 Å². The maximum atomic E-state index is 12.8. The number of hydrogen-bond acceptors (Lipinski definition) is 3. The highest BCUT2D eigenvalue weighted by Crippen LogP contribution is 2.38. The molecule has 6 heteroatoms. The molecular weight excluding hydrogens is 448 g/mol. The Balaban J connectivity index is 1.37. The lowest BCUT2D eigenvalue weighted by Gasteiger charge is -2.32. The number of pyridine rings is 2. The molecule has 0 saturated carbocycles. The number of H-pyrrole nitrogens is 1. The Morgan fingerprint density at radius 1 is 1.06 bits per heavy atom. The first-order chi connectivity index (χ1) is 17.3. The molecule has 1 fully saturated rings. The molecule has 1 amide bonds. The summed E-state index contributed by atoms with van der Waals surface area (Å²) in [6, 6.07) is 16.1. The molecule has 0 bridgehead atoms. The number of aryl methyl sites for hydroxylation is 2. The molecule has 1 aliphatic heterocycles. The molecule has 1 saturated heterocycles. The standard InChI is InChI=1S/C30H34N4O2/c1-19(2)29-25-17-23(8-9-26(25)32-30(29)24-15-20(3)31-21(4)16-24)22-10-13-33(14-11-22)28(36)18-34-12-6-5-7-27(34)35/h5-9,12,15-17,19,22,32H,10-11,13-14,18H2,1-4H3. The lowest BCUT2D eigenvalue weighted by Crippen LogP contribution is -2.41. The number of nitrogens with zero attached hydrogens (tertiary/aromatic N) is 3. The minimum atomic E-state index is -0.141. The van der Waals surface area contributed by atoms with Crippen LogP contribution >= 0.6 is 0 Å². The molecule has 5 rings (SSSR count). The molecule has 186 valence electrons. The van der Waals surface area contributed by atoms with E-state index in [1.807, 2.05) is 18.7 Å². The van der Waals surface area contributed by atoms with Gasteiger partial charge in [0.05, 0.1) is 5.69 Å². The van der Waals surface area contributed by atoms with Crippen LogP contribution in [0.2, 0.25) is 0 Å². The topological polar surface area (TPSA) is 71.0 Å². The van der Waals surface area contributed by atoms with Gasteiger partial charge in [0, 0.05) is 53.2 Å². The molecule has 0 unspecified atom stereocenters. The SMILES string of the molecule is Cc1cc(-c2[nH]c3ccc(C4CCN(C(=O)Cn5ccccc5=O)CC4)cc3c2C(C)C)cc(C)n1. The quantitative estimate of drug-likeness (QED) is 0.406. The number of carbonyl (C=O) groups excluding carboxylic acids is 1. The first-order valence-corrected chi connectivity index (χ1v) is 12.8. The molecule has 0 atom stereocenters. The second-order valence-electron chi connectivity index (χ2n) is 10.3. The number of piperidine rings is 1. The number of rotatable bonds is 5. The third-order valence-electron chi connectivity index (χ3n) is 7.33. The van der Waals surface area contributed by atoms with Crippen LogP contribution in [-0.4, -0.2) is 38.4 Å². The number of nitrogens with one attached hydrogen (secondary N) is 1. The van der Waals surface area contributed by atoms with E-state index in [1.54, 1.807) is 18.3 Å². The molecular formula is C30H34N4O2. The van der Waals surface area contributed by atoms with Crippen molar-refractivity contribution in [3.05, 3.63) is 87.6 Å². The molecule has 4 aromatic rings. The number of hydrogen-bond donors (Lipinski definition) is 1. The van der Waals surface area contributed by atoms with Crippen molar-refractivity contribution in [2.75, 3.05) is 13.1 Å². The van der Waals surface area contributed by atoms with Gasteiger partial charge in [-0.15, -0.1) is 0 Å². The van der Waals surface area contributed by atoms with E-state index in [2.05, 4.69) is 54.1 Å². The van der Waals surface area contributed by atoms with E-state index >= 15 is 0 Å². The number of aromatic nitrogens is 3. The fourth-order valence-corrected chi connectivity index (χ4v) is 5.59. The zero-order chi connectivity index (χ0) is 25.4. The third kappa shape index (κ3) is 4.72. The number of carbonyl (C=O) groups is 1. The van der Waals surface area contributed by atoms with Crippen molar-refractivity contribution >= 4 is 16.8 Å². The van der Waals surface area contributed by atoms with Crippen LogP contribution in [0.25, 0.3) is 22.2 Å². The lowest BCUT2D eigenvalue weighted by molar-refractivity contribution is -0.132. The van der Waals surface area contributed by atoms with Crippen molar-refractivity contribution in [1.82, 2.24) is 19.4 Å². The van der Waals surface area contributed by atoms with Gasteiger partial charge >= 0.3 is 0 Å². The zero-order valence-electron chi connectivity index (χ0n) is 21.5. The highest BCUT2D eigenvalue weighted by atomic mass is 16.2. The van der Waals surface area contributed by atoms with E-state index in [-0.39, 0.29) is 18.0 Å². The highest BCUT2D eigenvalue weighted by Gasteiger charge is 2.25. The maximum absolute atomic E-state index is 12.8. The largest absolute Gasteiger partial charge is 0.354 e. The minimum absolute atomic E-state index is 0.0116. The summed E-state index contributed by atoms with van der Waals surface area (Å²) in [6.45, 7) is 10.1. The fraction of sp³-hybridized carbons (Fsp3) is 0.367. The van der Waals surface area contributed by atoms with Crippen LogP contribution in [0, 0.1) is 13.8 Å². The van der Waals surface area contributed by atoms with Crippen molar-refractivity contribution in [1.29, 1.82) is 0 Å². The van der Waals surface area contributed by atoms with Gasteiger partial charge in [-0.1, -0.05) is 26.0 Å². The molecule has 1 aliphatic rings. The molecule has 6 nitrogen and oxygen atoms in total. The summed E-state index contributed by atoms with van der Waals surface area (Å²) in [5.74, 6) is 0.804. The fourth-order valence-electron chi connectivity index (χ4n) is 5.59.